The maximum Gasteiger partial charge on any atom is 0.343 e. The molecule has 0 radical (unpaired) electrons. The minimum absolute atomic E-state index is 0.353. The highest BCUT2D eigenvalue weighted by molar-refractivity contribution is 5.91. The van der Waals surface area contributed by atoms with Crippen molar-refractivity contribution >= 4 is 11.9 Å². The number of hydrogen-bond donors (Lipinski definition) is 0. The fourth-order valence-corrected chi connectivity index (χ4v) is 4.73. The Morgan fingerprint density at radius 1 is 0.721 bits per heavy atom. The van der Waals surface area contributed by atoms with Crippen molar-refractivity contribution in [3.63, 3.8) is 0 Å². The third-order valence-corrected chi connectivity index (χ3v) is 7.31. The standard InChI is InChI=1S/C37H47NO5/c1-3-5-6-10-13-16-30-17-26-35(38-29-30)31-18-24-34(25-19-31)43-37(40)32-20-22-33(23-21-32)41-27-14-11-8-7-9-12-15-28-42-36(39)4-2/h4,17-26,29H,2-3,5-16,27-28H2,1H3. The van der Waals surface area contributed by atoms with Crippen LogP contribution in [0.25, 0.3) is 11.3 Å². The molecule has 43 heavy (non-hydrogen) atoms. The number of hydrogen-bond acceptors (Lipinski definition) is 6. The van der Waals surface area contributed by atoms with Crippen LogP contribution in [0.2, 0.25) is 0 Å². The second-order valence-electron chi connectivity index (χ2n) is 10.8. The van der Waals surface area contributed by atoms with Gasteiger partial charge in [0, 0.05) is 17.8 Å². The van der Waals surface area contributed by atoms with Crippen molar-refractivity contribution in [1.29, 1.82) is 0 Å². The van der Waals surface area contributed by atoms with Crippen molar-refractivity contribution in [1.82, 2.24) is 4.98 Å². The van der Waals surface area contributed by atoms with Crippen molar-refractivity contribution in [2.45, 2.75) is 90.4 Å². The van der Waals surface area contributed by atoms with Crippen LogP contribution in [0.3, 0.4) is 0 Å². The smallest absolute Gasteiger partial charge is 0.343 e. The van der Waals surface area contributed by atoms with Crippen molar-refractivity contribution in [2.24, 2.45) is 0 Å². The molecule has 1 heterocycles. The van der Waals surface area contributed by atoms with E-state index in [1.165, 1.54) is 43.7 Å². The van der Waals surface area contributed by atoms with Gasteiger partial charge in [-0.2, -0.15) is 0 Å². The molecule has 230 valence electrons. The number of carbonyl (C=O) groups is 2. The van der Waals surface area contributed by atoms with Crippen molar-refractivity contribution in [3.8, 4) is 22.8 Å². The Kier molecular flexibility index (Phi) is 15.7. The lowest BCUT2D eigenvalue weighted by Gasteiger charge is -2.08. The Morgan fingerprint density at radius 3 is 2.00 bits per heavy atom. The summed E-state index contributed by atoms with van der Waals surface area (Å²) < 4.78 is 16.4. The lowest BCUT2D eigenvalue weighted by molar-refractivity contribution is -0.137. The summed E-state index contributed by atoms with van der Waals surface area (Å²) in [5, 5.41) is 0. The summed E-state index contributed by atoms with van der Waals surface area (Å²) in [6.45, 7) is 6.73. The number of aromatic nitrogens is 1. The fraction of sp³-hybridized carbons (Fsp3) is 0.432. The second-order valence-corrected chi connectivity index (χ2v) is 10.8. The van der Waals surface area contributed by atoms with Crippen LogP contribution in [0.5, 0.6) is 11.5 Å². The predicted molar refractivity (Wildman–Crippen MR) is 173 cm³/mol. The highest BCUT2D eigenvalue weighted by atomic mass is 16.5. The van der Waals surface area contributed by atoms with E-state index >= 15 is 0 Å². The molecule has 0 saturated carbocycles. The van der Waals surface area contributed by atoms with Gasteiger partial charge >= 0.3 is 11.9 Å². The van der Waals surface area contributed by atoms with Crippen molar-refractivity contribution in [3.05, 3.63) is 90.6 Å². The number of aryl methyl sites for hydroxylation is 1. The van der Waals surface area contributed by atoms with E-state index in [1.807, 2.05) is 18.3 Å². The molecule has 0 aliphatic heterocycles. The largest absolute Gasteiger partial charge is 0.494 e. The maximum absolute atomic E-state index is 12.6. The Labute approximate surface area is 257 Å². The Morgan fingerprint density at radius 2 is 1.35 bits per heavy atom. The van der Waals surface area contributed by atoms with Crippen molar-refractivity contribution < 1.29 is 23.8 Å². The molecule has 0 aliphatic rings. The molecule has 6 heteroatoms. The van der Waals surface area contributed by atoms with Crippen LogP contribution in [0.4, 0.5) is 0 Å². The highest BCUT2D eigenvalue weighted by Crippen LogP contribution is 2.23. The van der Waals surface area contributed by atoms with E-state index in [9.17, 15) is 9.59 Å². The molecular formula is C37H47NO5. The van der Waals surface area contributed by atoms with E-state index < -0.39 is 5.97 Å². The Balaban J connectivity index is 1.31. The second kappa shape index (κ2) is 20.1. The first-order valence-electron chi connectivity index (χ1n) is 15.9. The van der Waals surface area contributed by atoms with Crippen LogP contribution in [0.15, 0.2) is 79.5 Å². The molecular weight excluding hydrogens is 538 g/mol. The number of carbonyl (C=O) groups excluding carboxylic acids is 2. The average Bonchev–Trinajstić information content (AvgIpc) is 3.04. The SMILES string of the molecule is C=CC(=O)OCCCCCCCCCOc1ccc(C(=O)Oc2ccc(-c3ccc(CCCCCCC)cn3)cc2)cc1. The lowest BCUT2D eigenvalue weighted by Crippen LogP contribution is -2.08. The molecule has 0 amide bonds. The monoisotopic (exact) mass is 585 g/mol. The summed E-state index contributed by atoms with van der Waals surface area (Å²) in [4.78, 5) is 28.3. The maximum atomic E-state index is 12.6. The molecule has 3 aromatic rings. The van der Waals surface area contributed by atoms with Gasteiger partial charge in [0.05, 0.1) is 24.5 Å². The average molecular weight is 586 g/mol. The molecule has 6 nitrogen and oxygen atoms in total. The molecule has 0 fully saturated rings. The number of unbranched alkanes of at least 4 members (excludes halogenated alkanes) is 10. The normalized spacial score (nSPS) is 10.7. The number of pyridine rings is 1. The summed E-state index contributed by atoms with van der Waals surface area (Å²) in [6.07, 6.45) is 18.1. The summed E-state index contributed by atoms with van der Waals surface area (Å²) in [5.74, 6) is 0.479. The van der Waals surface area contributed by atoms with Crippen LogP contribution >= 0.6 is 0 Å². The first-order valence-corrected chi connectivity index (χ1v) is 15.9. The third-order valence-electron chi connectivity index (χ3n) is 7.31. The number of nitrogens with zero attached hydrogens (tertiary/aromatic N) is 1. The van der Waals surface area contributed by atoms with Gasteiger partial charge < -0.3 is 14.2 Å². The molecule has 0 bridgehead atoms. The van der Waals surface area contributed by atoms with E-state index in [0.717, 1.165) is 68.4 Å². The van der Waals surface area contributed by atoms with Gasteiger partial charge in [-0.3, -0.25) is 4.98 Å². The zero-order valence-electron chi connectivity index (χ0n) is 25.7. The van der Waals surface area contributed by atoms with Crippen molar-refractivity contribution in [2.75, 3.05) is 13.2 Å². The molecule has 0 spiro atoms. The zero-order valence-corrected chi connectivity index (χ0v) is 25.7. The summed E-state index contributed by atoms with van der Waals surface area (Å²) in [7, 11) is 0. The van der Waals surface area contributed by atoms with Crippen LogP contribution in [0, 0.1) is 0 Å². The number of esters is 2. The van der Waals surface area contributed by atoms with Gasteiger partial charge in [0.15, 0.2) is 0 Å². The minimum Gasteiger partial charge on any atom is -0.494 e. The van der Waals surface area contributed by atoms with E-state index in [2.05, 4.69) is 30.6 Å². The van der Waals surface area contributed by atoms with Crippen LogP contribution < -0.4 is 9.47 Å². The highest BCUT2D eigenvalue weighted by Gasteiger charge is 2.10. The van der Waals surface area contributed by atoms with Gasteiger partial charge in [0.25, 0.3) is 0 Å². The Bertz CT molecular complexity index is 1220. The number of benzene rings is 2. The third kappa shape index (κ3) is 13.3. The predicted octanol–water partition coefficient (Wildman–Crippen LogP) is 9.32. The van der Waals surface area contributed by atoms with E-state index in [-0.39, 0.29) is 5.97 Å². The molecule has 2 aromatic carbocycles. The molecule has 0 saturated heterocycles. The van der Waals surface area contributed by atoms with Crippen LogP contribution in [0.1, 0.15) is 99.9 Å². The first kappa shape index (κ1) is 33.6. The van der Waals surface area contributed by atoms with Gasteiger partial charge in [0.2, 0.25) is 0 Å². The molecule has 0 aliphatic carbocycles. The molecule has 0 N–H and O–H groups in total. The van der Waals surface area contributed by atoms with Gasteiger partial charge in [-0.1, -0.05) is 77.4 Å². The Hall–Kier alpha value is -3.93. The fourth-order valence-electron chi connectivity index (χ4n) is 4.73. The lowest BCUT2D eigenvalue weighted by atomic mass is 10.1. The summed E-state index contributed by atoms with van der Waals surface area (Å²) in [6, 6.07) is 18.7. The summed E-state index contributed by atoms with van der Waals surface area (Å²) in [5.41, 5.74) is 3.64. The van der Waals surface area contributed by atoms with E-state index in [4.69, 9.17) is 14.2 Å². The first-order chi connectivity index (χ1) is 21.1. The van der Waals surface area contributed by atoms with Crippen LogP contribution in [-0.2, 0) is 16.0 Å². The molecule has 3 rings (SSSR count). The number of rotatable bonds is 21. The quantitative estimate of drug-likeness (QED) is 0.0537. The van der Waals surface area contributed by atoms with Gasteiger partial charge in [0.1, 0.15) is 11.5 Å². The molecule has 0 atom stereocenters. The van der Waals surface area contributed by atoms with Gasteiger partial charge in [-0.15, -0.1) is 0 Å². The molecule has 1 aromatic heterocycles. The number of ether oxygens (including phenoxy) is 3. The zero-order chi connectivity index (χ0) is 30.5. The van der Waals surface area contributed by atoms with Gasteiger partial charge in [-0.05, 0) is 85.8 Å². The summed E-state index contributed by atoms with van der Waals surface area (Å²) >= 11 is 0. The van der Waals surface area contributed by atoms with Gasteiger partial charge in [-0.25, -0.2) is 9.59 Å². The van der Waals surface area contributed by atoms with E-state index in [0.29, 0.717) is 24.5 Å². The topological polar surface area (TPSA) is 74.7 Å². The van der Waals surface area contributed by atoms with Crippen LogP contribution in [-0.4, -0.2) is 30.1 Å². The van der Waals surface area contributed by atoms with E-state index in [1.54, 1.807) is 36.4 Å². The molecule has 0 unspecified atom stereocenters. The minimum atomic E-state index is -0.403.